The van der Waals surface area contributed by atoms with Crippen molar-refractivity contribution in [1.29, 1.82) is 0 Å². The lowest BCUT2D eigenvalue weighted by Crippen LogP contribution is -2.42. The van der Waals surface area contributed by atoms with Crippen LogP contribution >= 0.6 is 24.0 Å². The summed E-state index contributed by atoms with van der Waals surface area (Å²) in [6.45, 7) is 9.12. The summed E-state index contributed by atoms with van der Waals surface area (Å²) in [5.41, 5.74) is 1.63. The van der Waals surface area contributed by atoms with E-state index in [0.29, 0.717) is 17.9 Å². The summed E-state index contributed by atoms with van der Waals surface area (Å²) >= 11 is 0. The van der Waals surface area contributed by atoms with Gasteiger partial charge in [0.25, 0.3) is 0 Å². The number of nitrogens with zero attached hydrogens (tertiary/aromatic N) is 1. The second-order valence-electron chi connectivity index (χ2n) is 7.36. The van der Waals surface area contributed by atoms with Gasteiger partial charge in [-0.1, -0.05) is 37.3 Å². The van der Waals surface area contributed by atoms with E-state index in [0.717, 1.165) is 45.3 Å². The maximum Gasteiger partial charge on any atom is 0.191 e. The molecule has 2 rings (SSSR count). The van der Waals surface area contributed by atoms with Crippen molar-refractivity contribution in [3.8, 4) is 0 Å². The van der Waals surface area contributed by atoms with Crippen LogP contribution < -0.4 is 10.6 Å². The summed E-state index contributed by atoms with van der Waals surface area (Å²) in [5.74, 6) is 1.30. The topological polar surface area (TPSA) is 54.9 Å². The molecule has 0 saturated heterocycles. The van der Waals surface area contributed by atoms with E-state index in [4.69, 9.17) is 9.47 Å². The van der Waals surface area contributed by atoms with Gasteiger partial charge in [-0.25, -0.2) is 0 Å². The first-order valence-electron chi connectivity index (χ1n) is 9.81. The van der Waals surface area contributed by atoms with Crippen LogP contribution in [-0.4, -0.2) is 45.9 Å². The predicted molar refractivity (Wildman–Crippen MR) is 123 cm³/mol. The molecule has 1 unspecified atom stereocenters. The number of hydrogen-bond donors (Lipinski definition) is 2. The number of nitrogens with one attached hydrogen (secondary N) is 2. The van der Waals surface area contributed by atoms with Gasteiger partial charge in [-0.05, 0) is 43.1 Å². The minimum absolute atomic E-state index is 0. The highest BCUT2D eigenvalue weighted by molar-refractivity contribution is 14.0. The molecule has 154 valence electrons. The number of halogens is 1. The minimum atomic E-state index is 0. The number of ether oxygens (including phenoxy) is 2. The Labute approximate surface area is 181 Å². The Morgan fingerprint density at radius 1 is 1.19 bits per heavy atom. The van der Waals surface area contributed by atoms with Crippen molar-refractivity contribution in [3.05, 3.63) is 35.9 Å². The lowest BCUT2D eigenvalue weighted by molar-refractivity contribution is 0.0931. The third-order valence-electron chi connectivity index (χ3n) is 4.92. The van der Waals surface area contributed by atoms with E-state index < -0.39 is 0 Å². The van der Waals surface area contributed by atoms with E-state index in [9.17, 15) is 0 Å². The Balaban J connectivity index is 0.00000364. The quantitative estimate of drug-likeness (QED) is 0.203. The van der Waals surface area contributed by atoms with Gasteiger partial charge < -0.3 is 20.1 Å². The van der Waals surface area contributed by atoms with Crippen molar-refractivity contribution in [1.82, 2.24) is 10.6 Å². The summed E-state index contributed by atoms with van der Waals surface area (Å²) in [4.78, 5) is 4.34. The van der Waals surface area contributed by atoms with Gasteiger partial charge in [-0.15, -0.1) is 24.0 Å². The van der Waals surface area contributed by atoms with Crippen molar-refractivity contribution in [2.75, 3.05) is 40.0 Å². The molecule has 2 N–H and O–H groups in total. The molecule has 1 saturated carbocycles. The molecule has 0 aliphatic heterocycles. The number of guanidine groups is 1. The third-order valence-corrected chi connectivity index (χ3v) is 4.92. The van der Waals surface area contributed by atoms with Crippen LogP contribution in [0.2, 0.25) is 0 Å². The first kappa shape index (κ1) is 24.2. The third kappa shape index (κ3) is 9.76. The summed E-state index contributed by atoms with van der Waals surface area (Å²) in [6.07, 6.45) is 3.70. The Morgan fingerprint density at radius 2 is 1.93 bits per heavy atom. The zero-order valence-electron chi connectivity index (χ0n) is 17.0. The summed E-state index contributed by atoms with van der Waals surface area (Å²) < 4.78 is 11.3. The molecule has 0 spiro atoms. The van der Waals surface area contributed by atoms with E-state index in [-0.39, 0.29) is 24.0 Å². The Bertz CT molecular complexity index is 535. The van der Waals surface area contributed by atoms with Crippen LogP contribution in [-0.2, 0) is 16.1 Å². The molecule has 0 radical (unpaired) electrons. The number of aliphatic imine (C=N–C) groups is 1. The molecule has 0 heterocycles. The Hall–Kier alpha value is -0.860. The highest BCUT2D eigenvalue weighted by Crippen LogP contribution is 2.48. The fraction of sp³-hybridized carbons (Fsp3) is 0.667. The fourth-order valence-electron chi connectivity index (χ4n) is 2.90. The number of hydrogen-bond acceptors (Lipinski definition) is 3. The van der Waals surface area contributed by atoms with Gasteiger partial charge in [0, 0.05) is 33.4 Å². The predicted octanol–water partition coefficient (Wildman–Crippen LogP) is 3.83. The Kier molecular flexibility index (Phi) is 11.9. The molecule has 1 aromatic rings. The first-order chi connectivity index (χ1) is 12.7. The average Bonchev–Trinajstić information content (AvgIpc) is 3.43. The highest BCUT2D eigenvalue weighted by atomic mass is 127. The van der Waals surface area contributed by atoms with Gasteiger partial charge in [0.2, 0.25) is 0 Å². The van der Waals surface area contributed by atoms with Gasteiger partial charge in [0.05, 0.1) is 13.2 Å². The van der Waals surface area contributed by atoms with Crippen molar-refractivity contribution in [2.45, 2.75) is 39.7 Å². The monoisotopic (exact) mass is 489 g/mol. The summed E-state index contributed by atoms with van der Waals surface area (Å²) in [6, 6.07) is 10.3. The zero-order valence-corrected chi connectivity index (χ0v) is 19.3. The van der Waals surface area contributed by atoms with E-state index >= 15 is 0 Å². The zero-order chi connectivity index (χ0) is 18.7. The van der Waals surface area contributed by atoms with E-state index in [1.807, 2.05) is 32.2 Å². The normalized spacial score (nSPS) is 16.3. The highest BCUT2D eigenvalue weighted by Gasteiger charge is 2.41. The van der Waals surface area contributed by atoms with Gasteiger partial charge in [-0.3, -0.25) is 4.99 Å². The maximum atomic E-state index is 5.81. The van der Waals surface area contributed by atoms with E-state index in [2.05, 4.69) is 34.7 Å². The second kappa shape index (κ2) is 13.3. The molecule has 1 aliphatic carbocycles. The van der Waals surface area contributed by atoms with Crippen molar-refractivity contribution in [2.24, 2.45) is 16.3 Å². The molecule has 0 aromatic heterocycles. The van der Waals surface area contributed by atoms with Gasteiger partial charge in [0.15, 0.2) is 5.96 Å². The lowest BCUT2D eigenvalue weighted by atomic mass is 10.0. The van der Waals surface area contributed by atoms with Crippen molar-refractivity contribution >= 4 is 29.9 Å². The lowest BCUT2D eigenvalue weighted by Gasteiger charge is -2.20. The van der Waals surface area contributed by atoms with Crippen LogP contribution in [0, 0.1) is 11.3 Å². The van der Waals surface area contributed by atoms with Crippen LogP contribution in [0.1, 0.15) is 38.7 Å². The van der Waals surface area contributed by atoms with Crippen LogP contribution in [0.5, 0.6) is 0 Å². The van der Waals surface area contributed by atoms with Crippen molar-refractivity contribution < 1.29 is 9.47 Å². The first-order valence-corrected chi connectivity index (χ1v) is 9.81. The van der Waals surface area contributed by atoms with Crippen LogP contribution in [0.4, 0.5) is 0 Å². The number of rotatable bonds is 12. The molecule has 27 heavy (non-hydrogen) atoms. The molecule has 0 amide bonds. The molecule has 5 nitrogen and oxygen atoms in total. The standard InChI is InChI=1S/C21H35N3O2.HI/c1-4-25-13-12-21(10-11-21)17-24-20(22-3)23-14-18(2)15-26-16-19-8-6-5-7-9-19;/h5-9,18H,4,10-17H2,1-3H3,(H2,22,23,24);1H. The maximum absolute atomic E-state index is 5.81. The molecule has 1 aromatic carbocycles. The minimum Gasteiger partial charge on any atom is -0.382 e. The van der Waals surface area contributed by atoms with Gasteiger partial charge in [-0.2, -0.15) is 0 Å². The second-order valence-corrected chi connectivity index (χ2v) is 7.36. The smallest absolute Gasteiger partial charge is 0.191 e. The molecule has 1 atom stereocenters. The SMILES string of the molecule is CCOCCC1(CNC(=NC)NCC(C)COCc2ccccc2)CC1.I. The molecule has 0 bridgehead atoms. The van der Waals surface area contributed by atoms with E-state index in [1.165, 1.54) is 18.4 Å². The molecular weight excluding hydrogens is 453 g/mol. The molecule has 1 fully saturated rings. The molecular formula is C21H36IN3O2. The van der Waals surface area contributed by atoms with Crippen LogP contribution in [0.25, 0.3) is 0 Å². The Morgan fingerprint density at radius 3 is 2.56 bits per heavy atom. The van der Waals surface area contributed by atoms with Crippen LogP contribution in [0.3, 0.4) is 0 Å². The van der Waals surface area contributed by atoms with Gasteiger partial charge >= 0.3 is 0 Å². The fourth-order valence-corrected chi connectivity index (χ4v) is 2.90. The van der Waals surface area contributed by atoms with Crippen molar-refractivity contribution in [3.63, 3.8) is 0 Å². The number of benzene rings is 1. The molecule has 6 heteroatoms. The summed E-state index contributed by atoms with van der Waals surface area (Å²) in [7, 11) is 1.83. The molecule has 1 aliphatic rings. The van der Waals surface area contributed by atoms with Crippen LogP contribution in [0.15, 0.2) is 35.3 Å². The van der Waals surface area contributed by atoms with Gasteiger partial charge in [0.1, 0.15) is 0 Å². The average molecular weight is 489 g/mol. The summed E-state index contributed by atoms with van der Waals surface area (Å²) in [5, 5.41) is 6.89. The largest absolute Gasteiger partial charge is 0.382 e. The van der Waals surface area contributed by atoms with E-state index in [1.54, 1.807) is 0 Å².